The molecule has 17 heavy (non-hydrogen) atoms. The zero-order valence-corrected chi connectivity index (χ0v) is 10.2. The van der Waals surface area contributed by atoms with Crippen molar-refractivity contribution in [1.82, 2.24) is 15.2 Å². The third kappa shape index (κ3) is 2.63. The molecule has 1 fully saturated rings. The maximum atomic E-state index is 11.3. The molecule has 8 heteroatoms. The largest absolute Gasteiger partial charge is 0.460 e. The number of carbonyl (C=O) groups excluding carboxylic acids is 1. The van der Waals surface area contributed by atoms with Crippen LogP contribution >= 0.6 is 0 Å². The molecule has 0 saturated carbocycles. The molecule has 1 aliphatic rings. The normalized spacial score (nSPS) is 22.5. The van der Waals surface area contributed by atoms with E-state index in [9.17, 15) is 13.2 Å². The highest BCUT2D eigenvalue weighted by molar-refractivity contribution is 7.91. The summed E-state index contributed by atoms with van der Waals surface area (Å²) in [5.74, 6) is -0.191. The second-order valence-corrected chi connectivity index (χ2v) is 6.09. The number of nitrogens with one attached hydrogen (secondary N) is 1. The number of H-pyrrole nitrogens is 1. The topological polar surface area (TPSA) is 102 Å². The van der Waals surface area contributed by atoms with Crippen molar-refractivity contribution in [3.63, 3.8) is 0 Å². The van der Waals surface area contributed by atoms with Gasteiger partial charge in [0, 0.05) is 5.92 Å². The standard InChI is InChI=1S/C9H13N3O4S/c1-2-16-9(13)8-10-7(11-12-8)6-3-4-17(14,15)5-6/h6H,2-5H2,1H3,(H,10,11,12). The molecular formula is C9H13N3O4S. The number of hydrogen-bond acceptors (Lipinski definition) is 6. The van der Waals surface area contributed by atoms with Gasteiger partial charge in [0.05, 0.1) is 18.1 Å². The number of aromatic amines is 1. The fourth-order valence-electron chi connectivity index (χ4n) is 1.75. The van der Waals surface area contributed by atoms with Crippen LogP contribution in [0.1, 0.15) is 35.7 Å². The van der Waals surface area contributed by atoms with Crippen molar-refractivity contribution in [3.05, 3.63) is 11.6 Å². The fraction of sp³-hybridized carbons (Fsp3) is 0.667. The second kappa shape index (κ2) is 4.44. The third-order valence-electron chi connectivity index (χ3n) is 2.58. The second-order valence-electron chi connectivity index (χ2n) is 3.86. The summed E-state index contributed by atoms with van der Waals surface area (Å²) >= 11 is 0. The van der Waals surface area contributed by atoms with Crippen molar-refractivity contribution in [2.75, 3.05) is 18.1 Å². The summed E-state index contributed by atoms with van der Waals surface area (Å²) in [6.07, 6.45) is 0.514. The average Bonchev–Trinajstić information content (AvgIpc) is 2.84. The molecule has 1 unspecified atom stereocenters. The van der Waals surface area contributed by atoms with Crippen LogP contribution in [0.25, 0.3) is 0 Å². The van der Waals surface area contributed by atoms with E-state index in [4.69, 9.17) is 4.74 Å². The molecule has 0 bridgehead atoms. The first-order valence-corrected chi connectivity index (χ1v) is 7.14. The van der Waals surface area contributed by atoms with Gasteiger partial charge in [-0.15, -0.1) is 5.10 Å². The van der Waals surface area contributed by atoms with E-state index in [0.717, 1.165) is 0 Å². The lowest BCUT2D eigenvalue weighted by Gasteiger charge is -2.00. The van der Waals surface area contributed by atoms with E-state index in [1.54, 1.807) is 6.92 Å². The minimum absolute atomic E-state index is 0.0499. The highest BCUT2D eigenvalue weighted by Crippen LogP contribution is 2.26. The SMILES string of the molecule is CCOC(=O)c1n[nH]c(C2CCS(=O)(=O)C2)n1. The molecule has 1 atom stereocenters. The van der Waals surface area contributed by atoms with Crippen LogP contribution in [0.3, 0.4) is 0 Å². The summed E-state index contributed by atoms with van der Waals surface area (Å²) < 4.78 is 27.4. The van der Waals surface area contributed by atoms with Gasteiger partial charge in [-0.25, -0.2) is 18.2 Å². The Bertz CT molecular complexity index is 522. The van der Waals surface area contributed by atoms with Crippen LogP contribution in [0.2, 0.25) is 0 Å². The third-order valence-corrected chi connectivity index (χ3v) is 4.35. The fourth-order valence-corrected chi connectivity index (χ4v) is 3.50. The van der Waals surface area contributed by atoms with Crippen LogP contribution in [0.15, 0.2) is 0 Å². The quantitative estimate of drug-likeness (QED) is 0.759. The number of ether oxygens (including phenoxy) is 1. The Kier molecular flexibility index (Phi) is 3.14. The van der Waals surface area contributed by atoms with Gasteiger partial charge in [0.2, 0.25) is 0 Å². The Balaban J connectivity index is 2.11. The number of rotatable bonds is 3. The molecule has 1 aromatic rings. The first-order chi connectivity index (χ1) is 8.02. The zero-order valence-electron chi connectivity index (χ0n) is 9.34. The Labute approximate surface area is 98.5 Å². The molecule has 1 N–H and O–H groups in total. The van der Waals surface area contributed by atoms with E-state index < -0.39 is 15.8 Å². The van der Waals surface area contributed by atoms with E-state index in [1.165, 1.54) is 0 Å². The maximum absolute atomic E-state index is 11.3. The smallest absolute Gasteiger partial charge is 0.378 e. The van der Waals surface area contributed by atoms with E-state index in [0.29, 0.717) is 12.2 Å². The molecule has 1 saturated heterocycles. The van der Waals surface area contributed by atoms with Gasteiger partial charge >= 0.3 is 5.97 Å². The summed E-state index contributed by atoms with van der Waals surface area (Å²) in [5, 5.41) is 6.32. The van der Waals surface area contributed by atoms with Gasteiger partial charge in [-0.1, -0.05) is 0 Å². The first-order valence-electron chi connectivity index (χ1n) is 5.31. The molecule has 0 amide bonds. The Morgan fingerprint density at radius 1 is 1.59 bits per heavy atom. The van der Waals surface area contributed by atoms with E-state index in [-0.39, 0.29) is 29.9 Å². The average molecular weight is 259 g/mol. The highest BCUT2D eigenvalue weighted by atomic mass is 32.2. The predicted octanol–water partition coefficient (Wildman–Crippen LogP) is -0.117. The minimum atomic E-state index is -2.97. The molecule has 7 nitrogen and oxygen atoms in total. The molecule has 0 radical (unpaired) electrons. The maximum Gasteiger partial charge on any atom is 0.378 e. The van der Waals surface area contributed by atoms with Crippen molar-refractivity contribution >= 4 is 15.8 Å². The molecule has 1 aromatic heterocycles. The molecule has 2 heterocycles. The minimum Gasteiger partial charge on any atom is -0.460 e. The van der Waals surface area contributed by atoms with Crippen molar-refractivity contribution in [2.45, 2.75) is 19.3 Å². The van der Waals surface area contributed by atoms with Gasteiger partial charge in [-0.05, 0) is 13.3 Å². The Morgan fingerprint density at radius 2 is 2.35 bits per heavy atom. The van der Waals surface area contributed by atoms with E-state index in [1.807, 2.05) is 0 Å². The van der Waals surface area contributed by atoms with Crippen LogP contribution < -0.4 is 0 Å². The van der Waals surface area contributed by atoms with Crippen LogP contribution in [0.4, 0.5) is 0 Å². The van der Waals surface area contributed by atoms with Crippen molar-refractivity contribution in [3.8, 4) is 0 Å². The van der Waals surface area contributed by atoms with Crippen LogP contribution in [0.5, 0.6) is 0 Å². The number of carbonyl (C=O) groups is 1. The summed E-state index contributed by atoms with van der Waals surface area (Å²) in [4.78, 5) is 15.3. The summed E-state index contributed by atoms with van der Waals surface area (Å²) in [6, 6.07) is 0. The number of hydrogen-bond donors (Lipinski definition) is 1. The van der Waals surface area contributed by atoms with Gasteiger partial charge in [-0.3, -0.25) is 5.10 Å². The lowest BCUT2D eigenvalue weighted by atomic mass is 10.1. The summed E-state index contributed by atoms with van der Waals surface area (Å²) in [7, 11) is -2.97. The van der Waals surface area contributed by atoms with E-state index in [2.05, 4.69) is 15.2 Å². The molecular weight excluding hydrogens is 246 g/mol. The summed E-state index contributed by atoms with van der Waals surface area (Å²) in [6.45, 7) is 1.94. The van der Waals surface area contributed by atoms with Gasteiger partial charge in [0.25, 0.3) is 5.82 Å². The predicted molar refractivity (Wildman–Crippen MR) is 58.4 cm³/mol. The van der Waals surface area contributed by atoms with Gasteiger partial charge in [0.15, 0.2) is 9.84 Å². The molecule has 0 aromatic carbocycles. The molecule has 1 aliphatic heterocycles. The van der Waals surface area contributed by atoms with Crippen LogP contribution in [-0.4, -0.2) is 47.7 Å². The number of nitrogens with zero attached hydrogens (tertiary/aromatic N) is 2. The molecule has 2 rings (SSSR count). The Hall–Kier alpha value is -1.44. The molecule has 0 aliphatic carbocycles. The van der Waals surface area contributed by atoms with Crippen LogP contribution in [0, 0.1) is 0 Å². The monoisotopic (exact) mass is 259 g/mol. The van der Waals surface area contributed by atoms with Crippen LogP contribution in [-0.2, 0) is 14.6 Å². The van der Waals surface area contributed by atoms with Gasteiger partial charge in [0.1, 0.15) is 5.82 Å². The van der Waals surface area contributed by atoms with Gasteiger partial charge < -0.3 is 4.74 Å². The molecule has 94 valence electrons. The van der Waals surface area contributed by atoms with Crippen molar-refractivity contribution < 1.29 is 17.9 Å². The van der Waals surface area contributed by atoms with Gasteiger partial charge in [-0.2, -0.15) is 0 Å². The molecule has 0 spiro atoms. The van der Waals surface area contributed by atoms with Crippen molar-refractivity contribution in [1.29, 1.82) is 0 Å². The lowest BCUT2D eigenvalue weighted by Crippen LogP contribution is -2.08. The van der Waals surface area contributed by atoms with E-state index >= 15 is 0 Å². The zero-order chi connectivity index (χ0) is 12.5. The van der Waals surface area contributed by atoms with Crippen molar-refractivity contribution in [2.24, 2.45) is 0 Å². The Morgan fingerprint density at radius 3 is 2.94 bits per heavy atom. The number of aromatic nitrogens is 3. The number of sulfone groups is 1. The first kappa shape index (κ1) is 12.0. The highest BCUT2D eigenvalue weighted by Gasteiger charge is 2.31. The summed E-state index contributed by atoms with van der Waals surface area (Å²) in [5.41, 5.74) is 0. The number of esters is 1. The lowest BCUT2D eigenvalue weighted by molar-refractivity contribution is 0.0512.